The molecule has 1 aliphatic carbocycles. The van der Waals surface area contributed by atoms with E-state index in [4.69, 9.17) is 5.73 Å². The molecule has 2 aliphatic rings. The topological polar surface area (TPSA) is 29.3 Å². The number of hydrogen-bond donors (Lipinski definition) is 1. The molecule has 2 nitrogen and oxygen atoms in total. The Morgan fingerprint density at radius 3 is 2.53 bits per heavy atom. The van der Waals surface area contributed by atoms with Crippen LogP contribution in [0.5, 0.6) is 0 Å². The molecule has 1 aromatic carbocycles. The molecule has 92 valence electrons. The van der Waals surface area contributed by atoms with Crippen LogP contribution in [-0.4, -0.2) is 24.5 Å². The van der Waals surface area contributed by atoms with Crippen molar-refractivity contribution in [2.24, 2.45) is 5.73 Å². The monoisotopic (exact) mass is 230 g/mol. The van der Waals surface area contributed by atoms with E-state index in [1.165, 1.54) is 56.4 Å². The molecule has 1 aliphatic heterocycles. The minimum Gasteiger partial charge on any atom is -0.326 e. The largest absolute Gasteiger partial charge is 0.326 e. The quantitative estimate of drug-likeness (QED) is 0.860. The number of likely N-dealkylation sites (tertiary alicyclic amines) is 1. The number of nitrogens with two attached hydrogens (primary N) is 1. The second-order valence-electron chi connectivity index (χ2n) is 5.67. The van der Waals surface area contributed by atoms with Crippen molar-refractivity contribution in [1.82, 2.24) is 4.90 Å². The van der Waals surface area contributed by atoms with Crippen molar-refractivity contribution in [1.29, 1.82) is 0 Å². The molecule has 0 radical (unpaired) electrons. The van der Waals surface area contributed by atoms with E-state index >= 15 is 0 Å². The Kier molecular flexibility index (Phi) is 2.93. The molecule has 0 atom stereocenters. The molecule has 1 saturated carbocycles. The van der Waals surface area contributed by atoms with Crippen LogP contribution in [0.25, 0.3) is 0 Å². The van der Waals surface area contributed by atoms with Gasteiger partial charge in [0, 0.05) is 18.5 Å². The molecule has 0 unspecified atom stereocenters. The molecule has 0 aromatic heterocycles. The smallest absolute Gasteiger partial charge is 0.0178 e. The van der Waals surface area contributed by atoms with Gasteiger partial charge in [0.25, 0.3) is 0 Å². The zero-order valence-corrected chi connectivity index (χ0v) is 10.5. The Labute approximate surface area is 104 Å². The number of hydrogen-bond acceptors (Lipinski definition) is 2. The van der Waals surface area contributed by atoms with Crippen molar-refractivity contribution in [3.8, 4) is 0 Å². The zero-order valence-electron chi connectivity index (χ0n) is 10.5. The van der Waals surface area contributed by atoms with E-state index in [9.17, 15) is 0 Å². The van der Waals surface area contributed by atoms with Crippen molar-refractivity contribution < 1.29 is 0 Å². The molecule has 3 rings (SSSR count). The summed E-state index contributed by atoms with van der Waals surface area (Å²) in [5.74, 6) is 0. The molecule has 0 bridgehead atoms. The van der Waals surface area contributed by atoms with Crippen molar-refractivity contribution in [2.45, 2.75) is 37.6 Å². The van der Waals surface area contributed by atoms with Crippen LogP contribution in [0.3, 0.4) is 0 Å². The van der Waals surface area contributed by atoms with Crippen molar-refractivity contribution >= 4 is 0 Å². The molecule has 17 heavy (non-hydrogen) atoms. The summed E-state index contributed by atoms with van der Waals surface area (Å²) in [5, 5.41) is 0. The first-order valence-electron chi connectivity index (χ1n) is 6.84. The second-order valence-corrected chi connectivity index (χ2v) is 5.67. The normalized spacial score (nSPS) is 22.9. The molecule has 2 N–H and O–H groups in total. The maximum atomic E-state index is 5.75. The van der Waals surface area contributed by atoms with Crippen molar-refractivity contribution in [2.75, 3.05) is 19.6 Å². The van der Waals surface area contributed by atoms with Gasteiger partial charge in [-0.15, -0.1) is 0 Å². The van der Waals surface area contributed by atoms with E-state index in [1.54, 1.807) is 0 Å². The number of benzene rings is 1. The summed E-state index contributed by atoms with van der Waals surface area (Å²) < 4.78 is 0. The molecule has 2 fully saturated rings. The second kappa shape index (κ2) is 4.43. The van der Waals surface area contributed by atoms with Crippen LogP contribution in [0.2, 0.25) is 0 Å². The van der Waals surface area contributed by atoms with Crippen LogP contribution in [0.15, 0.2) is 24.3 Å². The third-order valence-corrected chi connectivity index (χ3v) is 4.56. The summed E-state index contributed by atoms with van der Waals surface area (Å²) in [6.45, 7) is 4.53. The lowest BCUT2D eigenvalue weighted by Crippen LogP contribution is -2.50. The van der Waals surface area contributed by atoms with E-state index in [-0.39, 0.29) is 0 Å². The number of nitrogens with zero attached hydrogens (tertiary/aromatic N) is 1. The highest BCUT2D eigenvalue weighted by molar-refractivity contribution is 5.33. The SMILES string of the molecule is NCc1cccc(C2(CN3CCC3)CCC2)c1. The Morgan fingerprint density at radius 1 is 1.18 bits per heavy atom. The first kappa shape index (κ1) is 11.2. The molecule has 2 heteroatoms. The van der Waals surface area contributed by atoms with Crippen LogP contribution in [0.4, 0.5) is 0 Å². The molecular weight excluding hydrogens is 208 g/mol. The summed E-state index contributed by atoms with van der Waals surface area (Å²) >= 11 is 0. The van der Waals surface area contributed by atoms with E-state index < -0.39 is 0 Å². The molecule has 1 aromatic rings. The highest BCUT2D eigenvalue weighted by Crippen LogP contribution is 2.45. The lowest BCUT2D eigenvalue weighted by atomic mass is 9.63. The predicted octanol–water partition coefficient (Wildman–Crippen LogP) is 2.27. The van der Waals surface area contributed by atoms with Gasteiger partial charge < -0.3 is 10.6 Å². The van der Waals surface area contributed by atoms with E-state index in [0.29, 0.717) is 12.0 Å². The summed E-state index contributed by atoms with van der Waals surface area (Å²) in [6, 6.07) is 8.95. The van der Waals surface area contributed by atoms with E-state index in [2.05, 4.69) is 29.2 Å². The van der Waals surface area contributed by atoms with Crippen LogP contribution in [0, 0.1) is 0 Å². The van der Waals surface area contributed by atoms with E-state index in [1.807, 2.05) is 0 Å². The third-order valence-electron chi connectivity index (χ3n) is 4.56. The van der Waals surface area contributed by atoms with Gasteiger partial charge in [-0.3, -0.25) is 0 Å². The average molecular weight is 230 g/mol. The zero-order chi connectivity index (χ0) is 11.7. The first-order chi connectivity index (χ1) is 8.32. The highest BCUT2D eigenvalue weighted by atomic mass is 15.2. The van der Waals surface area contributed by atoms with Crippen LogP contribution >= 0.6 is 0 Å². The Bertz CT molecular complexity index is 392. The molecule has 1 saturated heterocycles. The average Bonchev–Trinajstić information content (AvgIpc) is 2.26. The van der Waals surface area contributed by atoms with Gasteiger partial charge in [0.15, 0.2) is 0 Å². The van der Waals surface area contributed by atoms with Gasteiger partial charge in [-0.05, 0) is 43.5 Å². The molecular formula is C15H22N2. The van der Waals surface area contributed by atoms with Crippen LogP contribution < -0.4 is 5.73 Å². The van der Waals surface area contributed by atoms with Gasteiger partial charge in [0.1, 0.15) is 0 Å². The van der Waals surface area contributed by atoms with Gasteiger partial charge in [0.05, 0.1) is 0 Å². The van der Waals surface area contributed by atoms with Crippen molar-refractivity contribution in [3.63, 3.8) is 0 Å². The summed E-state index contributed by atoms with van der Waals surface area (Å²) in [5.41, 5.74) is 9.00. The summed E-state index contributed by atoms with van der Waals surface area (Å²) in [7, 11) is 0. The predicted molar refractivity (Wildman–Crippen MR) is 70.9 cm³/mol. The maximum absolute atomic E-state index is 5.75. The van der Waals surface area contributed by atoms with Gasteiger partial charge in [0.2, 0.25) is 0 Å². The van der Waals surface area contributed by atoms with E-state index in [0.717, 1.165) is 0 Å². The lowest BCUT2D eigenvalue weighted by molar-refractivity contribution is 0.0936. The first-order valence-corrected chi connectivity index (χ1v) is 6.84. The molecule has 0 amide bonds. The fraction of sp³-hybridized carbons (Fsp3) is 0.600. The Hall–Kier alpha value is -0.860. The third kappa shape index (κ3) is 2.00. The standard InChI is InChI=1S/C15H22N2/c16-11-13-4-1-5-14(10-13)15(6-2-7-15)12-17-8-3-9-17/h1,4-5,10H,2-3,6-9,11-12,16H2. The fourth-order valence-corrected chi connectivity index (χ4v) is 3.14. The summed E-state index contributed by atoms with van der Waals surface area (Å²) in [6.07, 6.45) is 5.49. The van der Waals surface area contributed by atoms with Gasteiger partial charge in [-0.25, -0.2) is 0 Å². The Balaban J connectivity index is 1.82. The Morgan fingerprint density at radius 2 is 2.00 bits per heavy atom. The highest BCUT2D eigenvalue weighted by Gasteiger charge is 2.40. The number of rotatable bonds is 4. The van der Waals surface area contributed by atoms with Crippen molar-refractivity contribution in [3.05, 3.63) is 35.4 Å². The van der Waals surface area contributed by atoms with Crippen LogP contribution in [0.1, 0.15) is 36.8 Å². The molecule has 0 spiro atoms. The maximum Gasteiger partial charge on any atom is 0.0178 e. The lowest BCUT2D eigenvalue weighted by Gasteiger charge is -2.48. The minimum absolute atomic E-state index is 0.450. The van der Waals surface area contributed by atoms with Gasteiger partial charge in [-0.1, -0.05) is 30.7 Å². The minimum atomic E-state index is 0.450. The molecule has 1 heterocycles. The summed E-state index contributed by atoms with van der Waals surface area (Å²) in [4.78, 5) is 2.61. The van der Waals surface area contributed by atoms with Gasteiger partial charge in [-0.2, -0.15) is 0 Å². The fourth-order valence-electron chi connectivity index (χ4n) is 3.14. The van der Waals surface area contributed by atoms with Crippen LogP contribution in [-0.2, 0) is 12.0 Å². The van der Waals surface area contributed by atoms with Gasteiger partial charge >= 0.3 is 0 Å².